The lowest BCUT2D eigenvalue weighted by Gasteiger charge is -2.31. The normalized spacial score (nSPS) is 17.1. The molecule has 12 heteroatoms. The number of carboxylic acid groups (broad SMARTS) is 1. The first-order valence-corrected chi connectivity index (χ1v) is 17.5. The van der Waals surface area contributed by atoms with Gasteiger partial charge in [-0.3, -0.25) is 9.59 Å². The highest BCUT2D eigenvalue weighted by atomic mass is 19.4. The van der Waals surface area contributed by atoms with Gasteiger partial charge in [0.05, 0.1) is 6.54 Å². The van der Waals surface area contributed by atoms with Gasteiger partial charge in [0, 0.05) is 43.8 Å². The van der Waals surface area contributed by atoms with Crippen molar-refractivity contribution in [3.05, 3.63) is 119 Å². The van der Waals surface area contributed by atoms with Gasteiger partial charge >= 0.3 is 12.1 Å². The summed E-state index contributed by atoms with van der Waals surface area (Å²) in [5.74, 6) is -4.15. The predicted molar refractivity (Wildman–Crippen MR) is 192 cm³/mol. The second-order valence-electron chi connectivity index (χ2n) is 12.7. The van der Waals surface area contributed by atoms with E-state index in [1.54, 1.807) is 17.1 Å². The molecule has 1 saturated heterocycles. The molecule has 0 radical (unpaired) electrons. The van der Waals surface area contributed by atoms with E-state index in [0.29, 0.717) is 31.7 Å². The lowest BCUT2D eigenvalue weighted by molar-refractivity contribution is -0.192. The molecule has 0 spiro atoms. The predicted octanol–water partition coefficient (Wildman–Crippen LogP) is 6.73. The number of alkyl halides is 3. The van der Waals surface area contributed by atoms with Gasteiger partial charge in [0.15, 0.2) is 5.79 Å². The Bertz CT molecular complexity index is 1710. The fraction of sp³-hybridized carbons (Fsp3) is 0.375. The standard InChI is InChI=1S/C38H45N3O4.C2HF3O2/c1-2-45-38(44)21-19-35(20-22-38)41(36(42)18-9-13-30-11-4-3-5-12-30)29-31-14-8-15-32(27-31)33-16-10-17-34(28-33)37(43)39-23-26-40-24-6-7-25-40;3-2(4,5)1(6)7/h3-5,8,10-12,14-17,19-21,27-28,44H,2,6-7,9,13,18,22-26,29H2,1H3,(H,39,43);(H,6,7). The molecule has 2 amide bonds. The zero-order valence-corrected chi connectivity index (χ0v) is 29.3. The molecule has 278 valence electrons. The lowest BCUT2D eigenvalue weighted by Crippen LogP contribution is -2.35. The van der Waals surface area contributed by atoms with E-state index in [1.165, 1.54) is 18.4 Å². The Morgan fingerprint density at radius 3 is 2.23 bits per heavy atom. The third-order valence-corrected chi connectivity index (χ3v) is 8.70. The molecule has 1 atom stereocenters. The molecule has 0 saturated carbocycles. The highest BCUT2D eigenvalue weighted by Crippen LogP contribution is 2.28. The molecule has 1 unspecified atom stereocenters. The van der Waals surface area contributed by atoms with Crippen molar-refractivity contribution in [2.75, 3.05) is 32.8 Å². The number of aryl methyl sites for hydroxylation is 1. The average molecular weight is 722 g/mol. The van der Waals surface area contributed by atoms with Crippen LogP contribution in [0.25, 0.3) is 11.1 Å². The van der Waals surface area contributed by atoms with Gasteiger partial charge in [-0.05, 0) is 98.3 Å². The van der Waals surface area contributed by atoms with Crippen LogP contribution in [0.2, 0.25) is 0 Å². The molecule has 1 aliphatic heterocycles. The summed E-state index contributed by atoms with van der Waals surface area (Å²) < 4.78 is 37.3. The summed E-state index contributed by atoms with van der Waals surface area (Å²) in [5, 5.41) is 20.9. The Morgan fingerprint density at radius 1 is 0.942 bits per heavy atom. The number of nitrogens with zero attached hydrogens (tertiary/aromatic N) is 2. The van der Waals surface area contributed by atoms with Crippen LogP contribution in [-0.2, 0) is 27.3 Å². The number of ether oxygens (including phenoxy) is 1. The van der Waals surface area contributed by atoms with Gasteiger partial charge in [0.1, 0.15) is 0 Å². The maximum atomic E-state index is 13.7. The summed E-state index contributed by atoms with van der Waals surface area (Å²) in [6.07, 6.45) is 4.93. The van der Waals surface area contributed by atoms with Crippen molar-refractivity contribution in [1.82, 2.24) is 15.1 Å². The SMILES string of the molecule is CCOC1(O)C=CC(N(Cc2cccc(-c3cccc(C(=O)NCCN4CCCC4)c3)c2)C(=O)CCCc2ccccc2)=CC1.O=C(O)C(F)(F)F. The summed E-state index contributed by atoms with van der Waals surface area (Å²) in [7, 11) is 0. The molecule has 3 aromatic carbocycles. The van der Waals surface area contributed by atoms with Crippen LogP contribution >= 0.6 is 0 Å². The number of rotatable bonds is 14. The van der Waals surface area contributed by atoms with E-state index >= 15 is 0 Å². The average Bonchev–Trinajstić information content (AvgIpc) is 3.65. The Balaban J connectivity index is 0.000000785. The number of carbonyl (C=O) groups is 3. The summed E-state index contributed by atoms with van der Waals surface area (Å²) in [6, 6.07) is 26.0. The van der Waals surface area contributed by atoms with Gasteiger partial charge < -0.3 is 30.1 Å². The number of carbonyl (C=O) groups excluding carboxylic acids is 2. The maximum absolute atomic E-state index is 13.7. The van der Waals surface area contributed by atoms with Crippen molar-refractivity contribution in [2.24, 2.45) is 0 Å². The first-order valence-electron chi connectivity index (χ1n) is 17.5. The largest absolute Gasteiger partial charge is 0.490 e. The Labute approximate surface area is 302 Å². The fourth-order valence-electron chi connectivity index (χ4n) is 6.01. The number of allylic oxidation sites excluding steroid dienone is 1. The van der Waals surface area contributed by atoms with Crippen LogP contribution in [0.4, 0.5) is 13.2 Å². The number of nitrogens with one attached hydrogen (secondary N) is 1. The molecule has 0 bridgehead atoms. The van der Waals surface area contributed by atoms with Crippen molar-refractivity contribution in [2.45, 2.75) is 64.0 Å². The van der Waals surface area contributed by atoms with Gasteiger partial charge in [-0.25, -0.2) is 4.79 Å². The molecule has 52 heavy (non-hydrogen) atoms. The van der Waals surface area contributed by atoms with Crippen molar-refractivity contribution in [1.29, 1.82) is 0 Å². The van der Waals surface area contributed by atoms with Crippen molar-refractivity contribution in [3.63, 3.8) is 0 Å². The fourth-order valence-corrected chi connectivity index (χ4v) is 6.01. The first kappa shape index (κ1) is 40.0. The molecule has 3 aromatic rings. The molecule has 9 nitrogen and oxygen atoms in total. The van der Waals surface area contributed by atoms with E-state index in [9.17, 15) is 27.9 Å². The van der Waals surface area contributed by atoms with Crippen LogP contribution in [0.15, 0.2) is 103 Å². The van der Waals surface area contributed by atoms with Crippen LogP contribution in [0.1, 0.15) is 60.5 Å². The number of likely N-dealkylation sites (tertiary alicyclic amines) is 1. The zero-order valence-electron chi connectivity index (χ0n) is 29.3. The summed E-state index contributed by atoms with van der Waals surface area (Å²) in [6.45, 7) is 6.37. The van der Waals surface area contributed by atoms with Crippen LogP contribution in [-0.4, -0.2) is 82.5 Å². The molecule has 1 fully saturated rings. The van der Waals surface area contributed by atoms with Crippen LogP contribution in [0, 0.1) is 0 Å². The third kappa shape index (κ3) is 12.5. The lowest BCUT2D eigenvalue weighted by atomic mass is 9.99. The maximum Gasteiger partial charge on any atom is 0.490 e. The number of amides is 2. The number of hydrogen-bond donors (Lipinski definition) is 3. The second-order valence-corrected chi connectivity index (χ2v) is 12.7. The smallest absolute Gasteiger partial charge is 0.475 e. The van der Waals surface area contributed by atoms with Gasteiger partial charge in [-0.1, -0.05) is 66.7 Å². The monoisotopic (exact) mass is 721 g/mol. The van der Waals surface area contributed by atoms with Crippen LogP contribution in [0.5, 0.6) is 0 Å². The topological polar surface area (TPSA) is 119 Å². The minimum atomic E-state index is -5.08. The van der Waals surface area contributed by atoms with E-state index < -0.39 is 17.9 Å². The zero-order chi connectivity index (χ0) is 37.6. The molecule has 1 aliphatic carbocycles. The van der Waals surface area contributed by atoms with Gasteiger partial charge in [-0.15, -0.1) is 0 Å². The van der Waals surface area contributed by atoms with Crippen LogP contribution in [0.3, 0.4) is 0 Å². The first-order chi connectivity index (χ1) is 24.9. The quantitative estimate of drug-likeness (QED) is 0.158. The van der Waals surface area contributed by atoms with Crippen molar-refractivity contribution < 1.29 is 42.5 Å². The minimum Gasteiger partial charge on any atom is -0.475 e. The molecule has 2 aliphatic rings. The van der Waals surface area contributed by atoms with Crippen LogP contribution < -0.4 is 5.32 Å². The Hall–Kier alpha value is -4.78. The third-order valence-electron chi connectivity index (χ3n) is 8.70. The number of halogens is 3. The van der Waals surface area contributed by atoms with E-state index in [1.807, 2.05) is 73.7 Å². The molecule has 3 N–H and O–H groups in total. The molecular formula is C40H46F3N3O6. The van der Waals surface area contributed by atoms with E-state index in [4.69, 9.17) is 14.6 Å². The van der Waals surface area contributed by atoms with Gasteiger partial charge in [0.25, 0.3) is 5.91 Å². The highest BCUT2D eigenvalue weighted by molar-refractivity contribution is 5.95. The molecular weight excluding hydrogens is 675 g/mol. The number of aliphatic hydroxyl groups is 1. The van der Waals surface area contributed by atoms with Crippen molar-refractivity contribution in [3.8, 4) is 11.1 Å². The summed E-state index contributed by atoms with van der Waals surface area (Å²) in [5.41, 5.74) is 5.50. The van der Waals surface area contributed by atoms with Gasteiger partial charge in [0.2, 0.25) is 5.91 Å². The number of carboxylic acids is 1. The molecule has 0 aromatic heterocycles. The van der Waals surface area contributed by atoms with Gasteiger partial charge in [-0.2, -0.15) is 13.2 Å². The Kier molecular flexibility index (Phi) is 14.7. The number of benzene rings is 3. The second kappa shape index (κ2) is 19.2. The van der Waals surface area contributed by atoms with E-state index in [-0.39, 0.29) is 18.2 Å². The van der Waals surface area contributed by atoms with E-state index in [0.717, 1.165) is 54.9 Å². The number of aliphatic carboxylic acids is 1. The number of hydrogen-bond acceptors (Lipinski definition) is 6. The van der Waals surface area contributed by atoms with E-state index in [2.05, 4.69) is 28.4 Å². The summed E-state index contributed by atoms with van der Waals surface area (Å²) in [4.78, 5) is 39.7. The molecule has 5 rings (SSSR count). The molecule has 1 heterocycles. The highest BCUT2D eigenvalue weighted by Gasteiger charge is 2.38. The Morgan fingerprint density at radius 2 is 1.60 bits per heavy atom. The van der Waals surface area contributed by atoms with Crippen molar-refractivity contribution >= 4 is 17.8 Å². The minimum absolute atomic E-state index is 0.0293. The summed E-state index contributed by atoms with van der Waals surface area (Å²) >= 11 is 0.